The summed E-state index contributed by atoms with van der Waals surface area (Å²) in [7, 11) is 0. The molecule has 1 heterocycles. The minimum absolute atomic E-state index is 0.0487. The summed E-state index contributed by atoms with van der Waals surface area (Å²) in [5.74, 6) is -2.18. The number of aromatic hydroxyl groups is 1. The van der Waals surface area contributed by atoms with Gasteiger partial charge in [0.1, 0.15) is 5.75 Å². The number of phenolic OH excluding ortho intramolecular Hbond substituents is 1. The summed E-state index contributed by atoms with van der Waals surface area (Å²) in [6.07, 6.45) is -3.91. The van der Waals surface area contributed by atoms with Gasteiger partial charge in [-0.2, -0.15) is 13.2 Å². The Morgan fingerprint density at radius 3 is 2.75 bits per heavy atom. The quantitative estimate of drug-likeness (QED) is 0.862. The van der Waals surface area contributed by atoms with Gasteiger partial charge in [-0.1, -0.05) is 12.1 Å². The number of nitrogens with zero attached hydrogens (tertiary/aromatic N) is 1. The van der Waals surface area contributed by atoms with Crippen molar-refractivity contribution in [2.45, 2.75) is 25.9 Å². The van der Waals surface area contributed by atoms with Crippen molar-refractivity contribution in [1.29, 1.82) is 0 Å². The van der Waals surface area contributed by atoms with Gasteiger partial charge in [-0.25, -0.2) is 0 Å². The van der Waals surface area contributed by atoms with Crippen LogP contribution in [0.4, 0.5) is 13.2 Å². The first-order chi connectivity index (χ1) is 9.30. The molecule has 0 radical (unpaired) electrons. The largest absolute Gasteiger partial charge is 0.507 e. The Balaban J connectivity index is 2.19. The number of rotatable bonds is 1. The zero-order valence-electron chi connectivity index (χ0n) is 11.1. The van der Waals surface area contributed by atoms with Crippen molar-refractivity contribution in [2.75, 3.05) is 13.1 Å². The van der Waals surface area contributed by atoms with Crippen LogP contribution < -0.4 is 0 Å². The van der Waals surface area contributed by atoms with E-state index in [2.05, 4.69) is 0 Å². The number of benzene rings is 1. The van der Waals surface area contributed by atoms with Crippen molar-refractivity contribution < 1.29 is 23.1 Å². The van der Waals surface area contributed by atoms with Gasteiger partial charge in [0.05, 0.1) is 11.5 Å². The fraction of sp³-hybridized carbons (Fsp3) is 0.500. The van der Waals surface area contributed by atoms with Crippen LogP contribution in [0.2, 0.25) is 0 Å². The van der Waals surface area contributed by atoms with E-state index in [1.54, 1.807) is 19.1 Å². The molecule has 1 aliphatic heterocycles. The second-order valence-electron chi connectivity index (χ2n) is 5.10. The summed E-state index contributed by atoms with van der Waals surface area (Å²) >= 11 is 0. The number of carbonyl (C=O) groups excluding carboxylic acids is 1. The van der Waals surface area contributed by atoms with Crippen LogP contribution in [0.3, 0.4) is 0 Å². The Labute approximate surface area is 115 Å². The normalized spacial score (nSPS) is 20.0. The van der Waals surface area contributed by atoms with Crippen LogP contribution in [0.1, 0.15) is 28.8 Å². The molecule has 1 unspecified atom stereocenters. The highest BCUT2D eigenvalue weighted by Gasteiger charge is 2.42. The molecule has 3 nitrogen and oxygen atoms in total. The first kappa shape index (κ1) is 14.7. The van der Waals surface area contributed by atoms with Crippen molar-refractivity contribution in [3.63, 3.8) is 0 Å². The highest BCUT2D eigenvalue weighted by Crippen LogP contribution is 2.34. The lowest BCUT2D eigenvalue weighted by Crippen LogP contribution is -2.44. The molecule has 1 saturated heterocycles. The lowest BCUT2D eigenvalue weighted by atomic mass is 9.96. The summed E-state index contributed by atoms with van der Waals surface area (Å²) in [5, 5.41) is 9.85. The first-order valence-electron chi connectivity index (χ1n) is 6.45. The Morgan fingerprint density at radius 2 is 2.10 bits per heavy atom. The van der Waals surface area contributed by atoms with Gasteiger partial charge >= 0.3 is 6.18 Å². The fourth-order valence-electron chi connectivity index (χ4n) is 2.43. The molecule has 6 heteroatoms. The van der Waals surface area contributed by atoms with Gasteiger partial charge in [0.15, 0.2) is 0 Å². The van der Waals surface area contributed by atoms with Crippen molar-refractivity contribution in [3.05, 3.63) is 29.3 Å². The number of aryl methyl sites for hydroxylation is 1. The van der Waals surface area contributed by atoms with E-state index in [0.29, 0.717) is 18.5 Å². The minimum atomic E-state index is -4.28. The summed E-state index contributed by atoms with van der Waals surface area (Å²) in [6.45, 7) is 1.59. The van der Waals surface area contributed by atoms with Crippen LogP contribution in [0.15, 0.2) is 18.2 Å². The molecular formula is C14H16F3NO2. The van der Waals surface area contributed by atoms with E-state index in [0.717, 1.165) is 0 Å². The van der Waals surface area contributed by atoms with Crippen molar-refractivity contribution in [1.82, 2.24) is 4.90 Å². The Hall–Kier alpha value is -1.72. The van der Waals surface area contributed by atoms with Crippen molar-refractivity contribution in [2.24, 2.45) is 5.92 Å². The van der Waals surface area contributed by atoms with Gasteiger partial charge in [-0.15, -0.1) is 0 Å². The summed E-state index contributed by atoms with van der Waals surface area (Å²) in [4.78, 5) is 13.4. The molecule has 1 aromatic rings. The standard InChI is InChI=1S/C14H16F3NO2/c1-9-4-2-6-11(12(9)19)13(20)18-7-3-5-10(8-18)14(15,16)17/h2,4,6,10,19H,3,5,7-8H2,1H3. The van der Waals surface area contributed by atoms with E-state index in [1.165, 1.54) is 11.0 Å². The number of carbonyl (C=O) groups is 1. The Kier molecular flexibility index (Phi) is 3.92. The number of hydrogen-bond donors (Lipinski definition) is 1. The molecule has 1 aliphatic rings. The molecule has 0 bridgehead atoms. The predicted molar refractivity (Wildman–Crippen MR) is 67.5 cm³/mol. The molecule has 1 aromatic carbocycles. The number of alkyl halides is 3. The average Bonchev–Trinajstić information content (AvgIpc) is 2.40. The average molecular weight is 287 g/mol. The minimum Gasteiger partial charge on any atom is -0.507 e. The van der Waals surface area contributed by atoms with Crippen LogP contribution in [-0.4, -0.2) is 35.2 Å². The molecule has 20 heavy (non-hydrogen) atoms. The lowest BCUT2D eigenvalue weighted by molar-refractivity contribution is -0.184. The number of para-hydroxylation sites is 1. The van der Waals surface area contributed by atoms with Gasteiger partial charge in [0.2, 0.25) is 0 Å². The van der Waals surface area contributed by atoms with Gasteiger partial charge in [-0.3, -0.25) is 4.79 Å². The molecule has 0 spiro atoms. The van der Waals surface area contributed by atoms with Crippen LogP contribution in [0.25, 0.3) is 0 Å². The van der Waals surface area contributed by atoms with Crippen molar-refractivity contribution >= 4 is 5.91 Å². The summed E-state index contributed by atoms with van der Waals surface area (Å²) in [6, 6.07) is 4.68. The Bertz CT molecular complexity index is 514. The van der Waals surface area contributed by atoms with Crippen LogP contribution >= 0.6 is 0 Å². The van der Waals surface area contributed by atoms with Crippen LogP contribution in [0, 0.1) is 12.8 Å². The van der Waals surface area contributed by atoms with Gasteiger partial charge in [0.25, 0.3) is 5.91 Å². The highest BCUT2D eigenvalue weighted by atomic mass is 19.4. The van der Waals surface area contributed by atoms with Crippen LogP contribution in [-0.2, 0) is 0 Å². The number of halogens is 3. The molecule has 2 rings (SSSR count). The molecule has 0 saturated carbocycles. The third-order valence-corrected chi connectivity index (χ3v) is 3.64. The van der Waals surface area contributed by atoms with E-state index in [4.69, 9.17) is 0 Å². The molecule has 0 aliphatic carbocycles. The van der Waals surface area contributed by atoms with E-state index < -0.39 is 18.0 Å². The number of phenols is 1. The number of likely N-dealkylation sites (tertiary alicyclic amines) is 1. The molecule has 110 valence electrons. The second-order valence-corrected chi connectivity index (χ2v) is 5.10. The molecule has 1 amide bonds. The predicted octanol–water partition coefficient (Wildman–Crippen LogP) is 3.12. The topological polar surface area (TPSA) is 40.5 Å². The molecule has 1 N–H and O–H groups in total. The van der Waals surface area contributed by atoms with E-state index in [-0.39, 0.29) is 24.3 Å². The van der Waals surface area contributed by atoms with E-state index >= 15 is 0 Å². The van der Waals surface area contributed by atoms with Gasteiger partial charge in [-0.05, 0) is 31.4 Å². The fourth-order valence-corrected chi connectivity index (χ4v) is 2.43. The van der Waals surface area contributed by atoms with Gasteiger partial charge in [0, 0.05) is 13.1 Å². The maximum atomic E-state index is 12.7. The number of hydrogen-bond acceptors (Lipinski definition) is 2. The Morgan fingerprint density at radius 1 is 1.40 bits per heavy atom. The number of amides is 1. The van der Waals surface area contributed by atoms with E-state index in [1.807, 2.05) is 0 Å². The lowest BCUT2D eigenvalue weighted by Gasteiger charge is -2.33. The first-order valence-corrected chi connectivity index (χ1v) is 6.45. The zero-order chi connectivity index (χ0) is 14.9. The molecule has 0 aromatic heterocycles. The SMILES string of the molecule is Cc1cccc(C(=O)N2CCCC(C(F)(F)F)C2)c1O. The maximum Gasteiger partial charge on any atom is 0.393 e. The summed E-state index contributed by atoms with van der Waals surface area (Å²) < 4.78 is 38.2. The molecular weight excluding hydrogens is 271 g/mol. The zero-order valence-corrected chi connectivity index (χ0v) is 11.1. The third-order valence-electron chi connectivity index (χ3n) is 3.64. The van der Waals surface area contributed by atoms with E-state index in [9.17, 15) is 23.1 Å². The van der Waals surface area contributed by atoms with Crippen LogP contribution in [0.5, 0.6) is 5.75 Å². The number of piperidine rings is 1. The molecule has 1 atom stereocenters. The molecule has 1 fully saturated rings. The summed E-state index contributed by atoms with van der Waals surface area (Å²) in [5.41, 5.74) is 0.591. The maximum absolute atomic E-state index is 12.7. The van der Waals surface area contributed by atoms with Gasteiger partial charge < -0.3 is 10.0 Å². The smallest absolute Gasteiger partial charge is 0.393 e. The second kappa shape index (κ2) is 5.34. The monoisotopic (exact) mass is 287 g/mol. The van der Waals surface area contributed by atoms with Crippen molar-refractivity contribution in [3.8, 4) is 5.75 Å². The third kappa shape index (κ3) is 2.89. The highest BCUT2D eigenvalue weighted by molar-refractivity contribution is 5.97.